The molecule has 2 atom stereocenters. The summed E-state index contributed by atoms with van der Waals surface area (Å²) in [7, 11) is 1.53. The van der Waals surface area contributed by atoms with E-state index in [4.69, 9.17) is 4.74 Å². The molecule has 1 aromatic carbocycles. The van der Waals surface area contributed by atoms with Gasteiger partial charge in [-0.25, -0.2) is 0 Å². The molecular weight excluding hydrogens is 270 g/mol. The Morgan fingerprint density at radius 2 is 1.90 bits per heavy atom. The Balaban J connectivity index is 1.75. The number of hydrogen-bond donors (Lipinski definition) is 0. The van der Waals surface area contributed by atoms with E-state index in [2.05, 4.69) is 0 Å². The van der Waals surface area contributed by atoms with E-state index in [9.17, 15) is 14.4 Å². The largest absolute Gasteiger partial charge is 0.497 e. The highest BCUT2D eigenvalue weighted by Gasteiger charge is 2.49. The minimum atomic E-state index is -0.240. The molecule has 0 aromatic heterocycles. The first-order valence-corrected chi connectivity index (χ1v) is 7.14. The normalized spacial score (nSPS) is 24.3. The standard InChI is InChI=1S/C16H17NO4/c1-21-11-5-2-4-10(8-11)14(18)9-17-15(19)12-6-3-7-13(12)16(17)20/h2,4-5,8,12-13H,3,6-7,9H2,1H3. The van der Waals surface area contributed by atoms with Gasteiger partial charge in [-0.3, -0.25) is 19.3 Å². The number of ether oxygens (including phenoxy) is 1. The predicted molar refractivity (Wildman–Crippen MR) is 74.9 cm³/mol. The second-order valence-electron chi connectivity index (χ2n) is 5.56. The number of fused-ring (bicyclic) bond motifs is 1. The van der Waals surface area contributed by atoms with Crippen molar-refractivity contribution in [1.82, 2.24) is 4.90 Å². The van der Waals surface area contributed by atoms with Crippen LogP contribution in [0.25, 0.3) is 0 Å². The first kappa shape index (κ1) is 13.8. The number of hydrogen-bond acceptors (Lipinski definition) is 4. The molecule has 3 rings (SSSR count). The van der Waals surface area contributed by atoms with Crippen molar-refractivity contribution in [3.63, 3.8) is 0 Å². The molecule has 1 heterocycles. The Bertz CT molecular complexity index is 588. The van der Waals surface area contributed by atoms with Gasteiger partial charge in [0.05, 0.1) is 25.5 Å². The van der Waals surface area contributed by atoms with Crippen LogP contribution in [0.1, 0.15) is 29.6 Å². The number of rotatable bonds is 4. The number of methoxy groups -OCH3 is 1. The fourth-order valence-corrected chi connectivity index (χ4v) is 3.25. The van der Waals surface area contributed by atoms with Crippen LogP contribution >= 0.6 is 0 Å². The molecule has 110 valence electrons. The van der Waals surface area contributed by atoms with Gasteiger partial charge in [0, 0.05) is 5.56 Å². The number of benzene rings is 1. The molecule has 1 aromatic rings. The summed E-state index contributed by atoms with van der Waals surface area (Å²) in [5.74, 6) is -0.420. The minimum Gasteiger partial charge on any atom is -0.497 e. The van der Waals surface area contributed by atoms with Crippen LogP contribution in [0.15, 0.2) is 24.3 Å². The molecule has 2 aliphatic rings. The number of carbonyl (C=O) groups is 3. The summed E-state index contributed by atoms with van der Waals surface area (Å²) >= 11 is 0. The molecule has 21 heavy (non-hydrogen) atoms. The second-order valence-corrected chi connectivity index (χ2v) is 5.56. The molecule has 2 amide bonds. The van der Waals surface area contributed by atoms with Crippen molar-refractivity contribution >= 4 is 17.6 Å². The Morgan fingerprint density at radius 1 is 1.24 bits per heavy atom. The van der Waals surface area contributed by atoms with Gasteiger partial charge in [0.2, 0.25) is 11.8 Å². The van der Waals surface area contributed by atoms with E-state index in [1.807, 2.05) is 0 Å². The summed E-state index contributed by atoms with van der Waals surface area (Å²) in [6.07, 6.45) is 2.45. The van der Waals surface area contributed by atoms with Crippen LogP contribution < -0.4 is 4.74 Å². The molecule has 1 aliphatic heterocycles. The maximum atomic E-state index is 12.3. The quantitative estimate of drug-likeness (QED) is 0.624. The minimum absolute atomic E-state index is 0.169. The van der Waals surface area contributed by atoms with Gasteiger partial charge in [0.25, 0.3) is 0 Å². The first-order valence-electron chi connectivity index (χ1n) is 7.14. The molecule has 0 radical (unpaired) electrons. The van der Waals surface area contributed by atoms with E-state index in [0.29, 0.717) is 11.3 Å². The third kappa shape index (κ3) is 2.33. The zero-order chi connectivity index (χ0) is 15.0. The van der Waals surface area contributed by atoms with Crippen molar-refractivity contribution < 1.29 is 19.1 Å². The molecule has 5 heteroatoms. The molecule has 2 fully saturated rings. The average molecular weight is 287 g/mol. The fraction of sp³-hybridized carbons (Fsp3) is 0.438. The number of imide groups is 1. The summed E-state index contributed by atoms with van der Waals surface area (Å²) in [5.41, 5.74) is 0.451. The number of likely N-dealkylation sites (tertiary alicyclic amines) is 1. The third-order valence-electron chi connectivity index (χ3n) is 4.38. The number of ketones is 1. The summed E-state index contributed by atoms with van der Waals surface area (Å²) in [6.45, 7) is -0.169. The van der Waals surface area contributed by atoms with E-state index in [0.717, 1.165) is 24.2 Å². The smallest absolute Gasteiger partial charge is 0.233 e. The van der Waals surface area contributed by atoms with Crippen molar-refractivity contribution in [2.75, 3.05) is 13.7 Å². The molecule has 1 saturated heterocycles. The molecule has 0 bridgehead atoms. The maximum absolute atomic E-state index is 12.3. The van der Waals surface area contributed by atoms with Gasteiger partial charge in [0.15, 0.2) is 5.78 Å². The van der Waals surface area contributed by atoms with Gasteiger partial charge in [-0.05, 0) is 25.0 Å². The van der Waals surface area contributed by atoms with Crippen molar-refractivity contribution in [1.29, 1.82) is 0 Å². The van der Waals surface area contributed by atoms with Crippen molar-refractivity contribution in [2.45, 2.75) is 19.3 Å². The van der Waals surface area contributed by atoms with Gasteiger partial charge < -0.3 is 4.74 Å². The van der Waals surface area contributed by atoms with Crippen molar-refractivity contribution in [2.24, 2.45) is 11.8 Å². The predicted octanol–water partition coefficient (Wildman–Crippen LogP) is 1.66. The van der Waals surface area contributed by atoms with Crippen LogP contribution in [0.5, 0.6) is 5.75 Å². The van der Waals surface area contributed by atoms with Crippen LogP contribution in [0, 0.1) is 11.8 Å². The zero-order valence-corrected chi connectivity index (χ0v) is 11.9. The Labute approximate surface area is 122 Å². The summed E-state index contributed by atoms with van der Waals surface area (Å²) in [5, 5.41) is 0. The molecule has 0 spiro atoms. The molecular formula is C16H17NO4. The van der Waals surface area contributed by atoms with Crippen molar-refractivity contribution in [3.8, 4) is 5.75 Å². The van der Waals surface area contributed by atoms with Crippen LogP contribution in [-0.4, -0.2) is 36.2 Å². The van der Waals surface area contributed by atoms with E-state index in [-0.39, 0.29) is 36.0 Å². The highest BCUT2D eigenvalue weighted by atomic mass is 16.5. The molecule has 5 nitrogen and oxygen atoms in total. The average Bonchev–Trinajstić information content (AvgIpc) is 3.07. The topological polar surface area (TPSA) is 63.7 Å². The van der Waals surface area contributed by atoms with E-state index >= 15 is 0 Å². The lowest BCUT2D eigenvalue weighted by Gasteiger charge is -2.15. The molecule has 0 N–H and O–H groups in total. The van der Waals surface area contributed by atoms with Gasteiger partial charge in [-0.2, -0.15) is 0 Å². The second kappa shape index (κ2) is 5.31. The number of carbonyl (C=O) groups excluding carboxylic acids is 3. The highest BCUT2D eigenvalue weighted by molar-refractivity contribution is 6.10. The zero-order valence-electron chi connectivity index (χ0n) is 11.9. The highest BCUT2D eigenvalue weighted by Crippen LogP contribution is 2.39. The van der Waals surface area contributed by atoms with Crippen LogP contribution in [0.4, 0.5) is 0 Å². The van der Waals surface area contributed by atoms with E-state index in [1.54, 1.807) is 24.3 Å². The van der Waals surface area contributed by atoms with Crippen LogP contribution in [-0.2, 0) is 9.59 Å². The number of nitrogens with zero attached hydrogens (tertiary/aromatic N) is 1. The lowest BCUT2D eigenvalue weighted by atomic mass is 10.00. The molecule has 2 unspecified atom stereocenters. The third-order valence-corrected chi connectivity index (χ3v) is 4.38. The fourth-order valence-electron chi connectivity index (χ4n) is 3.25. The number of amides is 2. The van der Waals surface area contributed by atoms with Crippen molar-refractivity contribution in [3.05, 3.63) is 29.8 Å². The Morgan fingerprint density at radius 3 is 2.52 bits per heavy atom. The Hall–Kier alpha value is -2.17. The summed E-state index contributed by atoms with van der Waals surface area (Å²) in [4.78, 5) is 37.8. The Kier molecular flexibility index (Phi) is 3.49. The summed E-state index contributed by atoms with van der Waals surface area (Å²) < 4.78 is 5.08. The number of Topliss-reactive ketones (excluding diaryl/α,β-unsaturated/α-hetero) is 1. The summed E-state index contributed by atoms with van der Waals surface area (Å²) in [6, 6.07) is 6.74. The SMILES string of the molecule is COc1cccc(C(=O)CN2C(=O)C3CCCC3C2=O)c1. The van der Waals surface area contributed by atoms with Gasteiger partial charge in [-0.1, -0.05) is 18.6 Å². The lowest BCUT2D eigenvalue weighted by molar-refractivity contribution is -0.139. The van der Waals surface area contributed by atoms with Gasteiger partial charge >= 0.3 is 0 Å². The molecule has 1 aliphatic carbocycles. The van der Waals surface area contributed by atoms with Crippen LogP contribution in [0.3, 0.4) is 0 Å². The van der Waals surface area contributed by atoms with Crippen LogP contribution in [0.2, 0.25) is 0 Å². The van der Waals surface area contributed by atoms with E-state index < -0.39 is 0 Å². The lowest BCUT2D eigenvalue weighted by Crippen LogP contribution is -2.36. The van der Waals surface area contributed by atoms with E-state index in [1.165, 1.54) is 7.11 Å². The van der Waals surface area contributed by atoms with Gasteiger partial charge in [0.1, 0.15) is 5.75 Å². The monoisotopic (exact) mass is 287 g/mol. The molecule has 1 saturated carbocycles. The van der Waals surface area contributed by atoms with Gasteiger partial charge in [-0.15, -0.1) is 0 Å². The first-order chi connectivity index (χ1) is 10.1. The maximum Gasteiger partial charge on any atom is 0.233 e.